The van der Waals surface area contributed by atoms with Gasteiger partial charge in [-0.1, -0.05) is 30.3 Å². The maximum atomic E-state index is 11.9. The number of amides is 1. The van der Waals surface area contributed by atoms with Crippen molar-refractivity contribution < 1.29 is 4.79 Å². The predicted octanol–water partition coefficient (Wildman–Crippen LogP) is 2.19. The largest absolute Gasteiger partial charge is 0.293 e. The first-order valence-electron chi connectivity index (χ1n) is 7.09. The van der Waals surface area contributed by atoms with Gasteiger partial charge >= 0.3 is 0 Å². The van der Waals surface area contributed by atoms with E-state index < -0.39 is 0 Å². The molecular formula is C15H18N4O. The van der Waals surface area contributed by atoms with Gasteiger partial charge in [-0.15, -0.1) is 5.10 Å². The van der Waals surface area contributed by atoms with Crippen molar-refractivity contribution >= 4 is 11.9 Å². The average molecular weight is 270 g/mol. The Morgan fingerprint density at radius 1 is 1.25 bits per heavy atom. The number of nitrogens with one attached hydrogen (secondary N) is 1. The van der Waals surface area contributed by atoms with E-state index in [9.17, 15) is 4.79 Å². The van der Waals surface area contributed by atoms with Gasteiger partial charge in [0.25, 0.3) is 0 Å². The lowest BCUT2D eigenvalue weighted by atomic mass is 10.1. The summed E-state index contributed by atoms with van der Waals surface area (Å²) in [7, 11) is 0. The lowest BCUT2D eigenvalue weighted by molar-refractivity contribution is -0.116. The highest BCUT2D eigenvalue weighted by Crippen LogP contribution is 2.14. The van der Waals surface area contributed by atoms with Crippen molar-refractivity contribution in [2.24, 2.45) is 0 Å². The van der Waals surface area contributed by atoms with E-state index in [0.717, 1.165) is 38.1 Å². The van der Waals surface area contributed by atoms with E-state index in [2.05, 4.69) is 15.4 Å². The Labute approximate surface area is 118 Å². The Kier molecular flexibility index (Phi) is 3.76. The Bertz CT molecular complexity index is 568. The summed E-state index contributed by atoms with van der Waals surface area (Å²) in [5, 5.41) is 7.11. The Balaban J connectivity index is 1.55. The topological polar surface area (TPSA) is 59.8 Å². The van der Waals surface area contributed by atoms with Crippen LogP contribution in [-0.2, 0) is 24.2 Å². The van der Waals surface area contributed by atoms with E-state index in [4.69, 9.17) is 0 Å². The maximum absolute atomic E-state index is 11.9. The fourth-order valence-corrected chi connectivity index (χ4v) is 2.43. The lowest BCUT2D eigenvalue weighted by Gasteiger charge is -2.09. The minimum absolute atomic E-state index is 0.0307. The first-order chi connectivity index (χ1) is 9.81. The lowest BCUT2D eigenvalue weighted by Crippen LogP contribution is -2.14. The van der Waals surface area contributed by atoms with Crippen molar-refractivity contribution in [2.75, 3.05) is 5.32 Å². The molecule has 20 heavy (non-hydrogen) atoms. The van der Waals surface area contributed by atoms with E-state index in [-0.39, 0.29) is 5.91 Å². The summed E-state index contributed by atoms with van der Waals surface area (Å²) < 4.78 is 1.90. The molecule has 1 N–H and O–H groups in total. The van der Waals surface area contributed by atoms with Crippen molar-refractivity contribution in [3.63, 3.8) is 0 Å². The summed E-state index contributed by atoms with van der Waals surface area (Å²) in [6.45, 7) is 0.905. The number of anilines is 1. The molecular weight excluding hydrogens is 252 g/mol. The van der Waals surface area contributed by atoms with Crippen LogP contribution in [0.25, 0.3) is 0 Å². The second-order valence-electron chi connectivity index (χ2n) is 5.07. The van der Waals surface area contributed by atoms with Crippen LogP contribution in [0.4, 0.5) is 5.95 Å². The summed E-state index contributed by atoms with van der Waals surface area (Å²) in [5.41, 5.74) is 1.17. The van der Waals surface area contributed by atoms with Crippen molar-refractivity contribution in [3.8, 4) is 0 Å². The van der Waals surface area contributed by atoms with Crippen LogP contribution in [0, 0.1) is 0 Å². The Morgan fingerprint density at radius 3 is 2.90 bits per heavy atom. The van der Waals surface area contributed by atoms with Crippen LogP contribution in [0.3, 0.4) is 0 Å². The smallest absolute Gasteiger partial charge is 0.248 e. The van der Waals surface area contributed by atoms with Crippen molar-refractivity contribution in [2.45, 2.75) is 38.6 Å². The zero-order valence-corrected chi connectivity index (χ0v) is 11.4. The van der Waals surface area contributed by atoms with Crippen molar-refractivity contribution in [1.29, 1.82) is 0 Å². The molecule has 0 saturated carbocycles. The number of carbonyl (C=O) groups excluding carboxylic acids is 1. The van der Waals surface area contributed by atoms with Crippen LogP contribution in [0.15, 0.2) is 30.3 Å². The van der Waals surface area contributed by atoms with Gasteiger partial charge in [0, 0.05) is 19.4 Å². The van der Waals surface area contributed by atoms with Gasteiger partial charge in [-0.05, 0) is 24.8 Å². The first-order valence-corrected chi connectivity index (χ1v) is 7.09. The second-order valence-corrected chi connectivity index (χ2v) is 5.07. The van der Waals surface area contributed by atoms with Crippen molar-refractivity contribution in [1.82, 2.24) is 14.8 Å². The zero-order chi connectivity index (χ0) is 13.8. The molecule has 1 aliphatic heterocycles. The van der Waals surface area contributed by atoms with E-state index in [1.807, 2.05) is 35.0 Å². The van der Waals surface area contributed by atoms with Gasteiger partial charge in [0.15, 0.2) is 0 Å². The number of aryl methyl sites for hydroxylation is 3. The maximum Gasteiger partial charge on any atom is 0.248 e. The van der Waals surface area contributed by atoms with Gasteiger partial charge < -0.3 is 0 Å². The Morgan fingerprint density at radius 2 is 2.10 bits per heavy atom. The molecule has 1 aromatic heterocycles. The molecule has 0 fully saturated rings. The SMILES string of the molecule is O=C(CCc1ccccc1)Nc1nc2n(n1)CCCC2. The fraction of sp³-hybridized carbons (Fsp3) is 0.400. The fourth-order valence-electron chi connectivity index (χ4n) is 2.43. The molecule has 0 aliphatic carbocycles. The molecule has 5 heteroatoms. The van der Waals surface area contributed by atoms with Crippen LogP contribution in [-0.4, -0.2) is 20.7 Å². The van der Waals surface area contributed by atoms with Gasteiger partial charge in [-0.3, -0.25) is 10.1 Å². The normalized spacial score (nSPS) is 13.8. The molecule has 1 aliphatic rings. The zero-order valence-electron chi connectivity index (χ0n) is 11.4. The van der Waals surface area contributed by atoms with E-state index >= 15 is 0 Å². The molecule has 0 unspecified atom stereocenters. The van der Waals surface area contributed by atoms with Gasteiger partial charge in [0.05, 0.1) is 0 Å². The molecule has 2 aromatic rings. The number of carbonyl (C=O) groups is 1. The van der Waals surface area contributed by atoms with E-state index in [0.29, 0.717) is 12.4 Å². The van der Waals surface area contributed by atoms with Crippen LogP contribution >= 0.6 is 0 Å². The highest BCUT2D eigenvalue weighted by Gasteiger charge is 2.15. The summed E-state index contributed by atoms with van der Waals surface area (Å²) in [5.74, 6) is 1.39. The third kappa shape index (κ3) is 3.04. The summed E-state index contributed by atoms with van der Waals surface area (Å²) in [6, 6.07) is 10.0. The molecule has 0 saturated heterocycles. The standard InChI is InChI=1S/C15H18N4O/c20-14(10-9-12-6-2-1-3-7-12)17-15-16-13-8-4-5-11-19(13)18-15/h1-3,6-7H,4-5,8-11H2,(H,17,18,20). The quantitative estimate of drug-likeness (QED) is 0.926. The van der Waals surface area contributed by atoms with Gasteiger partial charge in [0.1, 0.15) is 5.82 Å². The minimum atomic E-state index is -0.0307. The van der Waals surface area contributed by atoms with Gasteiger partial charge in [0.2, 0.25) is 11.9 Å². The number of fused-ring (bicyclic) bond motifs is 1. The monoisotopic (exact) mass is 270 g/mol. The van der Waals surface area contributed by atoms with Crippen LogP contribution < -0.4 is 5.32 Å². The molecule has 1 aromatic carbocycles. The van der Waals surface area contributed by atoms with E-state index in [1.165, 1.54) is 5.56 Å². The Hall–Kier alpha value is -2.17. The molecule has 0 atom stereocenters. The molecule has 0 radical (unpaired) electrons. The molecule has 1 amide bonds. The summed E-state index contributed by atoms with van der Waals surface area (Å²) >= 11 is 0. The molecule has 2 heterocycles. The average Bonchev–Trinajstić information content (AvgIpc) is 2.88. The minimum Gasteiger partial charge on any atom is -0.293 e. The molecule has 3 rings (SSSR count). The summed E-state index contributed by atoms with van der Waals surface area (Å²) in [4.78, 5) is 16.3. The van der Waals surface area contributed by atoms with Gasteiger partial charge in [-0.25, -0.2) is 4.68 Å². The number of aromatic nitrogens is 3. The first kappa shape index (κ1) is 12.8. The van der Waals surface area contributed by atoms with Gasteiger partial charge in [-0.2, -0.15) is 4.98 Å². The van der Waals surface area contributed by atoms with Crippen LogP contribution in [0.1, 0.15) is 30.7 Å². The number of nitrogens with zero attached hydrogens (tertiary/aromatic N) is 3. The third-order valence-electron chi connectivity index (χ3n) is 3.50. The molecule has 104 valence electrons. The van der Waals surface area contributed by atoms with Crippen molar-refractivity contribution in [3.05, 3.63) is 41.7 Å². The molecule has 0 spiro atoms. The number of benzene rings is 1. The highest BCUT2D eigenvalue weighted by atomic mass is 16.1. The predicted molar refractivity (Wildman–Crippen MR) is 76.4 cm³/mol. The molecule has 5 nitrogen and oxygen atoms in total. The number of hydrogen-bond acceptors (Lipinski definition) is 3. The van der Waals surface area contributed by atoms with E-state index in [1.54, 1.807) is 0 Å². The highest BCUT2D eigenvalue weighted by molar-refractivity contribution is 5.89. The number of hydrogen-bond donors (Lipinski definition) is 1. The van der Waals surface area contributed by atoms with Crippen LogP contribution in [0.2, 0.25) is 0 Å². The third-order valence-corrected chi connectivity index (χ3v) is 3.50. The number of rotatable bonds is 4. The summed E-state index contributed by atoms with van der Waals surface area (Å²) in [6.07, 6.45) is 4.43. The second kappa shape index (κ2) is 5.86. The molecule has 0 bridgehead atoms. The van der Waals surface area contributed by atoms with Crippen LogP contribution in [0.5, 0.6) is 0 Å².